The summed E-state index contributed by atoms with van der Waals surface area (Å²) >= 11 is 0. The predicted molar refractivity (Wildman–Crippen MR) is 71.0 cm³/mol. The molecular weight excluding hydrogens is 242 g/mol. The Morgan fingerprint density at radius 1 is 1.42 bits per heavy atom. The average molecular weight is 259 g/mol. The average Bonchev–Trinajstić information content (AvgIpc) is 2.41. The molecule has 1 N–H and O–H groups in total. The van der Waals surface area contributed by atoms with Gasteiger partial charge in [0.05, 0.1) is 6.57 Å². The molecule has 1 aromatic rings. The van der Waals surface area contributed by atoms with E-state index in [1.165, 1.54) is 6.20 Å². The van der Waals surface area contributed by atoms with Crippen molar-refractivity contribution in [3.05, 3.63) is 29.7 Å². The summed E-state index contributed by atoms with van der Waals surface area (Å²) in [6.45, 7) is 8.40. The maximum Gasteiger partial charge on any atom is 0.217 e. The molecule has 0 atom stereocenters. The number of rotatable bonds is 3. The molecule has 1 aliphatic carbocycles. The van der Waals surface area contributed by atoms with Crippen molar-refractivity contribution >= 4 is 11.6 Å². The molecule has 2 rings (SSSR count). The normalized spacial score (nSPS) is 22.3. The highest BCUT2D eigenvalue weighted by atomic mass is 16.5. The molecule has 19 heavy (non-hydrogen) atoms. The Kier molecular flexibility index (Phi) is 4.35. The molecule has 5 nitrogen and oxygen atoms in total. The van der Waals surface area contributed by atoms with Gasteiger partial charge in [0, 0.05) is 19.2 Å². The van der Waals surface area contributed by atoms with E-state index in [-0.39, 0.29) is 18.1 Å². The summed E-state index contributed by atoms with van der Waals surface area (Å²) in [4.78, 5) is 18.4. The van der Waals surface area contributed by atoms with Crippen LogP contribution in [0.15, 0.2) is 18.3 Å². The van der Waals surface area contributed by atoms with Gasteiger partial charge in [-0.05, 0) is 37.8 Å². The first kappa shape index (κ1) is 13.3. The molecule has 0 aliphatic heterocycles. The fourth-order valence-corrected chi connectivity index (χ4v) is 2.29. The van der Waals surface area contributed by atoms with Gasteiger partial charge in [0.2, 0.25) is 17.5 Å². The van der Waals surface area contributed by atoms with Crippen molar-refractivity contribution < 1.29 is 9.53 Å². The van der Waals surface area contributed by atoms with Crippen LogP contribution in [0.25, 0.3) is 4.85 Å². The largest absolute Gasteiger partial charge is 0.474 e. The molecule has 1 heterocycles. The van der Waals surface area contributed by atoms with E-state index in [2.05, 4.69) is 15.1 Å². The Morgan fingerprint density at radius 3 is 2.68 bits per heavy atom. The Bertz CT molecular complexity index is 470. The summed E-state index contributed by atoms with van der Waals surface area (Å²) in [7, 11) is 0. The Balaban J connectivity index is 1.82. The van der Waals surface area contributed by atoms with Crippen LogP contribution in [0.2, 0.25) is 0 Å². The lowest BCUT2D eigenvalue weighted by Crippen LogP contribution is -2.38. The van der Waals surface area contributed by atoms with E-state index in [9.17, 15) is 4.79 Å². The number of hydrogen-bond acceptors (Lipinski definition) is 3. The number of nitrogens with zero attached hydrogens (tertiary/aromatic N) is 2. The van der Waals surface area contributed by atoms with Crippen molar-refractivity contribution in [1.29, 1.82) is 0 Å². The van der Waals surface area contributed by atoms with Crippen LogP contribution < -0.4 is 10.1 Å². The number of ether oxygens (including phenoxy) is 1. The van der Waals surface area contributed by atoms with Crippen molar-refractivity contribution in [1.82, 2.24) is 10.3 Å². The van der Waals surface area contributed by atoms with Crippen LogP contribution in [0.3, 0.4) is 0 Å². The van der Waals surface area contributed by atoms with Gasteiger partial charge < -0.3 is 10.1 Å². The van der Waals surface area contributed by atoms with Crippen LogP contribution in [0.4, 0.5) is 5.69 Å². The smallest absolute Gasteiger partial charge is 0.217 e. The van der Waals surface area contributed by atoms with Crippen LogP contribution in [0, 0.1) is 6.57 Å². The molecule has 0 aromatic carbocycles. The van der Waals surface area contributed by atoms with Crippen LogP contribution in [0.5, 0.6) is 5.88 Å². The summed E-state index contributed by atoms with van der Waals surface area (Å²) in [6, 6.07) is 3.71. The van der Waals surface area contributed by atoms with Gasteiger partial charge in [0.25, 0.3) is 0 Å². The highest BCUT2D eigenvalue weighted by Crippen LogP contribution is 2.23. The second-order valence-corrected chi connectivity index (χ2v) is 4.76. The number of carbonyl (C=O) groups is 1. The highest BCUT2D eigenvalue weighted by Gasteiger charge is 2.23. The van der Waals surface area contributed by atoms with Gasteiger partial charge in [-0.1, -0.05) is 0 Å². The van der Waals surface area contributed by atoms with Gasteiger partial charge in [0.1, 0.15) is 6.10 Å². The summed E-state index contributed by atoms with van der Waals surface area (Å²) in [5.41, 5.74) is 0.515. The molecule has 1 aromatic heterocycles. The van der Waals surface area contributed by atoms with Crippen molar-refractivity contribution in [3.8, 4) is 5.88 Å². The monoisotopic (exact) mass is 259 g/mol. The van der Waals surface area contributed by atoms with E-state index < -0.39 is 0 Å². The van der Waals surface area contributed by atoms with E-state index in [1.807, 2.05) is 0 Å². The van der Waals surface area contributed by atoms with Gasteiger partial charge in [-0.3, -0.25) is 4.79 Å². The fraction of sp³-hybridized carbons (Fsp3) is 0.500. The number of aromatic nitrogens is 1. The van der Waals surface area contributed by atoms with E-state index >= 15 is 0 Å². The molecule has 1 aliphatic rings. The lowest BCUT2D eigenvalue weighted by Gasteiger charge is -2.28. The molecule has 1 fully saturated rings. The van der Waals surface area contributed by atoms with Crippen molar-refractivity contribution in [2.24, 2.45) is 0 Å². The summed E-state index contributed by atoms with van der Waals surface area (Å²) in [6.07, 6.45) is 5.37. The van der Waals surface area contributed by atoms with E-state index in [0.29, 0.717) is 11.6 Å². The molecule has 1 amide bonds. The maximum absolute atomic E-state index is 11.0. The Hall–Kier alpha value is -2.09. The lowest BCUT2D eigenvalue weighted by atomic mass is 9.93. The fourth-order valence-electron chi connectivity index (χ4n) is 2.29. The second kappa shape index (κ2) is 6.19. The molecule has 0 radical (unpaired) electrons. The minimum atomic E-state index is 0.0285. The van der Waals surface area contributed by atoms with Crippen LogP contribution in [-0.2, 0) is 4.79 Å². The quantitative estimate of drug-likeness (QED) is 0.848. The van der Waals surface area contributed by atoms with Crippen molar-refractivity contribution in [2.45, 2.75) is 44.8 Å². The zero-order chi connectivity index (χ0) is 13.7. The molecule has 5 heteroatoms. The molecule has 0 unspecified atom stereocenters. The number of pyridine rings is 1. The summed E-state index contributed by atoms with van der Waals surface area (Å²) < 4.78 is 5.78. The lowest BCUT2D eigenvalue weighted by molar-refractivity contribution is -0.120. The van der Waals surface area contributed by atoms with E-state index in [0.717, 1.165) is 25.7 Å². The van der Waals surface area contributed by atoms with E-state index in [1.54, 1.807) is 19.1 Å². The minimum Gasteiger partial charge on any atom is -0.474 e. The van der Waals surface area contributed by atoms with E-state index in [4.69, 9.17) is 11.3 Å². The molecule has 0 spiro atoms. The van der Waals surface area contributed by atoms with Crippen LogP contribution in [-0.4, -0.2) is 23.0 Å². The first-order valence-corrected chi connectivity index (χ1v) is 6.44. The molecule has 0 saturated heterocycles. The van der Waals surface area contributed by atoms with Gasteiger partial charge in [0.15, 0.2) is 0 Å². The Labute approximate surface area is 112 Å². The third kappa shape index (κ3) is 3.95. The number of nitrogens with one attached hydrogen (secondary N) is 1. The van der Waals surface area contributed by atoms with Crippen molar-refractivity contribution in [3.63, 3.8) is 0 Å². The zero-order valence-electron chi connectivity index (χ0n) is 10.9. The summed E-state index contributed by atoms with van der Waals surface area (Å²) in [5.74, 6) is 0.594. The number of hydrogen-bond donors (Lipinski definition) is 1. The number of amides is 1. The third-order valence-corrected chi connectivity index (χ3v) is 3.22. The van der Waals surface area contributed by atoms with Crippen LogP contribution in [0.1, 0.15) is 32.6 Å². The van der Waals surface area contributed by atoms with Gasteiger partial charge in [-0.15, -0.1) is 0 Å². The maximum atomic E-state index is 11.0. The Morgan fingerprint density at radius 2 is 2.16 bits per heavy atom. The van der Waals surface area contributed by atoms with Gasteiger partial charge in [-0.25, -0.2) is 9.83 Å². The second-order valence-electron chi connectivity index (χ2n) is 4.76. The van der Waals surface area contributed by atoms with Crippen molar-refractivity contribution in [2.75, 3.05) is 0 Å². The standard InChI is InChI=1S/C14H17N3O2/c1-10(18)17-11-3-6-13(7-4-11)19-14-8-5-12(15-2)9-16-14/h5,8-9,11,13H,3-4,6-7H2,1H3,(H,17,18). The zero-order valence-corrected chi connectivity index (χ0v) is 10.9. The molecule has 100 valence electrons. The SMILES string of the molecule is [C-]#[N+]c1ccc(OC2CCC(NC(C)=O)CC2)nc1. The van der Waals surface area contributed by atoms with Gasteiger partial charge in [-0.2, -0.15) is 0 Å². The molecule has 1 saturated carbocycles. The molecular formula is C14H17N3O2. The highest BCUT2D eigenvalue weighted by molar-refractivity contribution is 5.73. The third-order valence-electron chi connectivity index (χ3n) is 3.22. The number of carbonyl (C=O) groups excluding carboxylic acids is 1. The first-order valence-electron chi connectivity index (χ1n) is 6.44. The molecule has 0 bridgehead atoms. The summed E-state index contributed by atoms with van der Waals surface area (Å²) in [5, 5.41) is 2.94. The predicted octanol–water partition coefficient (Wildman–Crippen LogP) is 2.46. The van der Waals surface area contributed by atoms with Gasteiger partial charge >= 0.3 is 0 Å². The first-order chi connectivity index (χ1) is 9.17. The topological polar surface area (TPSA) is 55.6 Å². The van der Waals surface area contributed by atoms with Crippen LogP contribution >= 0.6 is 0 Å². The minimum absolute atomic E-state index is 0.0285.